The molecule has 0 bridgehead atoms. The molecule has 10 heteroatoms. The molecule has 2 aromatic rings. The van der Waals surface area contributed by atoms with Crippen LogP contribution in [0.15, 0.2) is 60.7 Å². The molecule has 2 aliphatic rings. The number of ether oxygens (including phenoxy) is 1. The summed E-state index contributed by atoms with van der Waals surface area (Å²) in [6.45, 7) is 0.109. The van der Waals surface area contributed by atoms with Gasteiger partial charge in [0.2, 0.25) is 5.91 Å². The third-order valence-corrected chi connectivity index (χ3v) is 6.12. The molecule has 184 valence electrons. The van der Waals surface area contributed by atoms with Crippen molar-refractivity contribution in [3.05, 3.63) is 71.8 Å². The summed E-state index contributed by atoms with van der Waals surface area (Å²) < 4.78 is 43.1. The predicted octanol–water partition coefficient (Wildman–Crippen LogP) is 3.99. The van der Waals surface area contributed by atoms with Crippen molar-refractivity contribution >= 4 is 18.0 Å². The number of carboxylic acids is 1. The molecule has 7 nitrogen and oxygen atoms in total. The highest BCUT2D eigenvalue weighted by Crippen LogP contribution is 2.44. The second-order valence-electron chi connectivity index (χ2n) is 8.52. The molecule has 0 saturated carbocycles. The first kappa shape index (κ1) is 24.3. The molecule has 0 radical (unpaired) electrons. The number of aliphatic carboxylic acids is 1. The van der Waals surface area contributed by atoms with Crippen LogP contribution in [0.3, 0.4) is 0 Å². The van der Waals surface area contributed by atoms with Crippen molar-refractivity contribution < 1.29 is 37.4 Å². The van der Waals surface area contributed by atoms with E-state index < -0.39 is 48.6 Å². The van der Waals surface area contributed by atoms with Gasteiger partial charge in [0.15, 0.2) is 0 Å². The van der Waals surface area contributed by atoms with Crippen molar-refractivity contribution in [3.8, 4) is 11.1 Å². The molecule has 0 heterocycles. The van der Waals surface area contributed by atoms with E-state index in [9.17, 15) is 27.6 Å². The van der Waals surface area contributed by atoms with Crippen LogP contribution in [0.2, 0.25) is 0 Å². The molecule has 3 unspecified atom stereocenters. The fourth-order valence-corrected chi connectivity index (χ4v) is 4.50. The lowest BCUT2D eigenvalue weighted by molar-refractivity contribution is -0.160. The van der Waals surface area contributed by atoms with Crippen LogP contribution in [0.4, 0.5) is 18.0 Å². The van der Waals surface area contributed by atoms with Gasteiger partial charge in [-0.1, -0.05) is 60.7 Å². The van der Waals surface area contributed by atoms with E-state index >= 15 is 0 Å². The highest BCUT2D eigenvalue weighted by molar-refractivity contribution is 5.86. The smallest absolute Gasteiger partial charge is 0.407 e. The maximum absolute atomic E-state index is 12.6. The fraction of sp³-hybridized carbons (Fsp3) is 0.320. The van der Waals surface area contributed by atoms with Gasteiger partial charge in [0.1, 0.15) is 12.6 Å². The summed E-state index contributed by atoms with van der Waals surface area (Å²) in [5.41, 5.74) is 4.31. The molecule has 35 heavy (non-hydrogen) atoms. The SMILES string of the molecule is O=C(NC1C=CC(C(=O)NC(CC(F)(F)F)C(=O)O)C1)OCC1c2ccccc2-c2ccccc21. The van der Waals surface area contributed by atoms with Crippen molar-refractivity contribution in [1.29, 1.82) is 0 Å². The first-order valence-electron chi connectivity index (χ1n) is 11.0. The number of carbonyl (C=O) groups excluding carboxylic acids is 2. The largest absolute Gasteiger partial charge is 0.480 e. The van der Waals surface area contributed by atoms with E-state index in [0.717, 1.165) is 22.3 Å². The standard InChI is InChI=1S/C25H23F3N2O5/c26-25(27,28)12-21(23(32)33)30-22(31)14-9-10-15(11-14)29-24(34)35-13-20-18-7-3-1-5-16(18)17-6-2-4-8-19(17)20/h1-10,14-15,20-21H,11-13H2,(H,29,34)(H,30,31)(H,32,33). The average Bonchev–Trinajstić information content (AvgIpc) is 3.39. The Bertz CT molecular complexity index is 1120. The Kier molecular flexibility index (Phi) is 6.81. The number of nitrogens with one attached hydrogen (secondary N) is 2. The predicted molar refractivity (Wildman–Crippen MR) is 119 cm³/mol. The summed E-state index contributed by atoms with van der Waals surface area (Å²) in [6.07, 6.45) is -4.07. The number of hydrogen-bond acceptors (Lipinski definition) is 4. The maximum atomic E-state index is 12.6. The van der Waals surface area contributed by atoms with Crippen LogP contribution < -0.4 is 10.6 Å². The van der Waals surface area contributed by atoms with Gasteiger partial charge in [0.25, 0.3) is 0 Å². The lowest BCUT2D eigenvalue weighted by atomic mass is 9.98. The van der Waals surface area contributed by atoms with Crippen LogP contribution in [0, 0.1) is 5.92 Å². The van der Waals surface area contributed by atoms with Gasteiger partial charge < -0.3 is 20.5 Å². The number of rotatable bonds is 7. The van der Waals surface area contributed by atoms with Crippen molar-refractivity contribution in [2.24, 2.45) is 5.92 Å². The number of halogens is 3. The van der Waals surface area contributed by atoms with E-state index in [0.29, 0.717) is 0 Å². The lowest BCUT2D eigenvalue weighted by Gasteiger charge is -2.19. The molecule has 2 amide bonds. The minimum absolute atomic E-state index is 0.0778. The van der Waals surface area contributed by atoms with Crippen molar-refractivity contribution in [2.75, 3.05) is 6.61 Å². The second-order valence-corrected chi connectivity index (χ2v) is 8.52. The summed E-state index contributed by atoms with van der Waals surface area (Å²) in [5.74, 6) is -3.61. The molecule has 0 spiro atoms. The van der Waals surface area contributed by atoms with E-state index in [1.54, 1.807) is 0 Å². The first-order chi connectivity index (χ1) is 16.6. The Morgan fingerprint density at radius 3 is 2.17 bits per heavy atom. The zero-order valence-corrected chi connectivity index (χ0v) is 18.4. The number of alkyl halides is 3. The number of hydrogen-bond donors (Lipinski definition) is 3. The zero-order valence-electron chi connectivity index (χ0n) is 18.4. The number of fused-ring (bicyclic) bond motifs is 3. The van der Waals surface area contributed by atoms with Crippen LogP contribution in [-0.4, -0.2) is 47.9 Å². The average molecular weight is 488 g/mol. The number of carbonyl (C=O) groups is 3. The van der Waals surface area contributed by atoms with E-state index in [1.807, 2.05) is 53.8 Å². The van der Waals surface area contributed by atoms with Gasteiger partial charge in [-0.25, -0.2) is 9.59 Å². The van der Waals surface area contributed by atoms with Crippen LogP contribution in [0.5, 0.6) is 0 Å². The summed E-state index contributed by atoms with van der Waals surface area (Å²) >= 11 is 0. The van der Waals surface area contributed by atoms with Crippen molar-refractivity contribution in [1.82, 2.24) is 10.6 Å². The Balaban J connectivity index is 1.29. The number of amides is 2. The minimum Gasteiger partial charge on any atom is -0.480 e. The van der Waals surface area contributed by atoms with E-state index in [4.69, 9.17) is 9.84 Å². The fourth-order valence-electron chi connectivity index (χ4n) is 4.50. The third-order valence-electron chi connectivity index (χ3n) is 6.12. The molecule has 4 rings (SSSR count). The highest BCUT2D eigenvalue weighted by Gasteiger charge is 2.38. The monoisotopic (exact) mass is 488 g/mol. The number of benzene rings is 2. The lowest BCUT2D eigenvalue weighted by Crippen LogP contribution is -2.46. The minimum atomic E-state index is -4.74. The Morgan fingerprint density at radius 2 is 1.60 bits per heavy atom. The molecule has 3 atom stereocenters. The maximum Gasteiger partial charge on any atom is 0.407 e. The van der Waals surface area contributed by atoms with Crippen molar-refractivity contribution in [3.63, 3.8) is 0 Å². The van der Waals surface area contributed by atoms with Gasteiger partial charge >= 0.3 is 18.2 Å². The summed E-state index contributed by atoms with van der Waals surface area (Å²) in [7, 11) is 0. The van der Waals surface area contributed by atoms with Gasteiger partial charge in [-0.15, -0.1) is 0 Å². The second kappa shape index (κ2) is 9.81. The van der Waals surface area contributed by atoms with Crippen molar-refractivity contribution in [2.45, 2.75) is 37.0 Å². The van der Waals surface area contributed by atoms with Gasteiger partial charge in [0, 0.05) is 5.92 Å². The van der Waals surface area contributed by atoms with Gasteiger partial charge in [-0.2, -0.15) is 13.2 Å². The number of alkyl carbamates (subject to hydrolysis) is 1. The molecular formula is C25H23F3N2O5. The molecule has 0 aromatic heterocycles. The van der Waals surface area contributed by atoms with Crippen LogP contribution in [-0.2, 0) is 14.3 Å². The molecule has 0 fully saturated rings. The Hall–Kier alpha value is -3.82. The highest BCUT2D eigenvalue weighted by atomic mass is 19.4. The third kappa shape index (κ3) is 5.64. The van der Waals surface area contributed by atoms with Gasteiger partial charge in [-0.3, -0.25) is 4.79 Å². The Labute approximate surface area is 199 Å². The number of carboxylic acid groups (broad SMARTS) is 1. The first-order valence-corrected chi connectivity index (χ1v) is 11.0. The molecule has 3 N–H and O–H groups in total. The van der Waals surface area contributed by atoms with E-state index in [1.165, 1.54) is 12.2 Å². The topological polar surface area (TPSA) is 105 Å². The van der Waals surface area contributed by atoms with Gasteiger partial charge in [-0.05, 0) is 28.7 Å². The zero-order chi connectivity index (χ0) is 25.2. The van der Waals surface area contributed by atoms with Crippen LogP contribution >= 0.6 is 0 Å². The molecule has 2 aromatic carbocycles. The summed E-state index contributed by atoms with van der Waals surface area (Å²) in [5, 5.41) is 13.5. The van der Waals surface area contributed by atoms with E-state index in [2.05, 4.69) is 5.32 Å². The summed E-state index contributed by atoms with van der Waals surface area (Å²) in [4.78, 5) is 35.7. The molecule has 2 aliphatic carbocycles. The molecular weight excluding hydrogens is 465 g/mol. The molecule has 0 saturated heterocycles. The van der Waals surface area contributed by atoms with Crippen LogP contribution in [0.25, 0.3) is 11.1 Å². The van der Waals surface area contributed by atoms with Crippen LogP contribution in [0.1, 0.15) is 29.9 Å². The Morgan fingerprint density at radius 1 is 1.00 bits per heavy atom. The quantitative estimate of drug-likeness (QED) is 0.512. The van der Waals surface area contributed by atoms with Gasteiger partial charge in [0.05, 0.1) is 18.4 Å². The molecule has 0 aliphatic heterocycles. The van der Waals surface area contributed by atoms with E-state index in [-0.39, 0.29) is 18.9 Å². The summed E-state index contributed by atoms with van der Waals surface area (Å²) in [6, 6.07) is 13.1. The normalized spacial score (nSPS) is 19.5.